The molecule has 0 N–H and O–H groups in total. The van der Waals surface area contributed by atoms with Crippen molar-refractivity contribution < 1.29 is 4.79 Å². The van der Waals surface area contributed by atoms with Gasteiger partial charge >= 0.3 is 0 Å². The summed E-state index contributed by atoms with van der Waals surface area (Å²) in [5.41, 5.74) is 2.56. The van der Waals surface area contributed by atoms with E-state index < -0.39 is 0 Å². The lowest BCUT2D eigenvalue weighted by molar-refractivity contribution is 0.0704. The molecule has 4 heterocycles. The van der Waals surface area contributed by atoms with E-state index in [1.165, 1.54) is 0 Å². The molecule has 0 bridgehead atoms. The molecule has 1 unspecified atom stereocenters. The van der Waals surface area contributed by atoms with Crippen LogP contribution in [0.15, 0.2) is 73.2 Å². The molecule has 6 nitrogen and oxygen atoms in total. The van der Waals surface area contributed by atoms with Gasteiger partial charge in [-0.3, -0.25) is 9.20 Å². The Balaban J connectivity index is 1.39. The molecular weight excluding hydrogens is 350 g/mol. The lowest BCUT2D eigenvalue weighted by Crippen LogP contribution is -2.39. The Hall–Kier alpha value is -3.41. The third kappa shape index (κ3) is 2.97. The quantitative estimate of drug-likeness (QED) is 0.553. The van der Waals surface area contributed by atoms with Gasteiger partial charge in [-0.25, -0.2) is 0 Å². The molecule has 1 saturated heterocycles. The number of benzene rings is 1. The highest BCUT2D eigenvalue weighted by atomic mass is 16.2. The van der Waals surface area contributed by atoms with Crippen LogP contribution in [0.2, 0.25) is 0 Å². The molecular formula is C22H21N5O. The lowest BCUT2D eigenvalue weighted by atomic mass is 9.96. The van der Waals surface area contributed by atoms with Gasteiger partial charge in [-0.2, -0.15) is 0 Å². The first-order chi connectivity index (χ1) is 13.8. The third-order valence-electron chi connectivity index (χ3n) is 5.41. The molecule has 3 aromatic heterocycles. The van der Waals surface area contributed by atoms with Gasteiger partial charge in [-0.1, -0.05) is 12.1 Å². The summed E-state index contributed by atoms with van der Waals surface area (Å²) < 4.78 is 4.05. The van der Waals surface area contributed by atoms with E-state index in [1.807, 2.05) is 87.1 Å². The van der Waals surface area contributed by atoms with Gasteiger partial charge in [0.05, 0.1) is 0 Å². The van der Waals surface area contributed by atoms with Crippen LogP contribution in [0.25, 0.3) is 11.3 Å². The van der Waals surface area contributed by atoms with Crippen molar-refractivity contribution in [2.75, 3.05) is 13.1 Å². The zero-order valence-corrected chi connectivity index (χ0v) is 15.5. The molecule has 4 aromatic rings. The van der Waals surface area contributed by atoms with E-state index in [9.17, 15) is 4.79 Å². The summed E-state index contributed by atoms with van der Waals surface area (Å²) in [5, 5.41) is 8.67. The topological polar surface area (TPSA) is 55.4 Å². The molecule has 0 saturated carbocycles. The van der Waals surface area contributed by atoms with Gasteiger partial charge < -0.3 is 9.47 Å². The predicted molar refractivity (Wildman–Crippen MR) is 107 cm³/mol. The van der Waals surface area contributed by atoms with Crippen LogP contribution >= 0.6 is 0 Å². The van der Waals surface area contributed by atoms with Crippen LogP contribution in [0.5, 0.6) is 0 Å². The molecule has 28 heavy (non-hydrogen) atoms. The average Bonchev–Trinajstić information content (AvgIpc) is 3.43. The Labute approximate surface area is 163 Å². The van der Waals surface area contributed by atoms with Gasteiger partial charge in [0, 0.05) is 48.8 Å². The SMILES string of the molecule is O=C(c1cccc(-n2cccc2)c1)N1CCCC(c2nnc3ccccn23)C1. The summed E-state index contributed by atoms with van der Waals surface area (Å²) in [5.74, 6) is 1.21. The number of amides is 1. The fourth-order valence-corrected chi connectivity index (χ4v) is 4.00. The van der Waals surface area contributed by atoms with Crippen molar-refractivity contribution in [1.82, 2.24) is 24.1 Å². The summed E-state index contributed by atoms with van der Waals surface area (Å²) in [6.07, 6.45) is 7.94. The van der Waals surface area contributed by atoms with E-state index in [4.69, 9.17) is 0 Å². The third-order valence-corrected chi connectivity index (χ3v) is 5.41. The Morgan fingerprint density at radius 2 is 1.82 bits per heavy atom. The van der Waals surface area contributed by atoms with Crippen molar-refractivity contribution in [2.24, 2.45) is 0 Å². The van der Waals surface area contributed by atoms with E-state index in [1.54, 1.807) is 0 Å². The standard InChI is InChI=1S/C22H21N5O/c28-22(17-7-5-9-19(15-17)25-11-3-4-12-25)26-13-6-8-18(16-26)21-24-23-20-10-1-2-14-27(20)21/h1-5,7,9-12,14-15,18H,6,8,13,16H2. The molecule has 0 spiro atoms. The minimum absolute atomic E-state index is 0.0764. The van der Waals surface area contributed by atoms with E-state index in [-0.39, 0.29) is 11.8 Å². The highest BCUT2D eigenvalue weighted by Gasteiger charge is 2.28. The Bertz CT molecular complexity index is 1110. The second-order valence-corrected chi connectivity index (χ2v) is 7.22. The Morgan fingerprint density at radius 3 is 2.71 bits per heavy atom. The molecule has 0 aliphatic carbocycles. The van der Waals surface area contributed by atoms with E-state index in [0.29, 0.717) is 6.54 Å². The van der Waals surface area contributed by atoms with Crippen LogP contribution in [0, 0.1) is 0 Å². The summed E-state index contributed by atoms with van der Waals surface area (Å²) in [6.45, 7) is 1.45. The highest BCUT2D eigenvalue weighted by Crippen LogP contribution is 2.27. The number of likely N-dealkylation sites (tertiary alicyclic amines) is 1. The molecule has 0 radical (unpaired) electrons. The summed E-state index contributed by atoms with van der Waals surface area (Å²) in [4.78, 5) is 15.1. The molecule has 140 valence electrons. The van der Waals surface area contributed by atoms with Gasteiger partial charge in [0.2, 0.25) is 0 Å². The minimum Gasteiger partial charge on any atom is -0.338 e. The molecule has 1 aromatic carbocycles. The van der Waals surface area contributed by atoms with Gasteiger partial charge in [0.15, 0.2) is 5.65 Å². The number of hydrogen-bond acceptors (Lipinski definition) is 3. The number of rotatable bonds is 3. The van der Waals surface area contributed by atoms with Gasteiger partial charge in [0.25, 0.3) is 5.91 Å². The minimum atomic E-state index is 0.0764. The predicted octanol–water partition coefficient (Wildman–Crippen LogP) is 3.54. The number of pyridine rings is 1. The van der Waals surface area contributed by atoms with E-state index in [2.05, 4.69) is 10.2 Å². The first kappa shape index (κ1) is 16.7. The summed E-state index contributed by atoms with van der Waals surface area (Å²) in [6, 6.07) is 17.7. The second kappa shape index (κ2) is 6.96. The number of hydrogen-bond donors (Lipinski definition) is 0. The number of fused-ring (bicyclic) bond motifs is 1. The van der Waals surface area contributed by atoms with Gasteiger partial charge in [0.1, 0.15) is 5.82 Å². The highest BCUT2D eigenvalue weighted by molar-refractivity contribution is 5.94. The Kier molecular flexibility index (Phi) is 4.16. The molecule has 1 aliphatic heterocycles. The fourth-order valence-electron chi connectivity index (χ4n) is 4.00. The van der Waals surface area contributed by atoms with Gasteiger partial charge in [-0.05, 0) is 55.3 Å². The molecule has 1 fully saturated rings. The molecule has 1 amide bonds. The molecule has 1 aliphatic rings. The number of carbonyl (C=O) groups excluding carboxylic acids is 1. The molecule has 1 atom stereocenters. The number of nitrogens with zero attached hydrogens (tertiary/aromatic N) is 5. The summed E-state index contributed by atoms with van der Waals surface area (Å²) >= 11 is 0. The number of carbonyl (C=O) groups is 1. The van der Waals surface area contributed by atoms with Crippen molar-refractivity contribution >= 4 is 11.6 Å². The van der Waals surface area contributed by atoms with Crippen molar-refractivity contribution in [3.05, 3.63) is 84.6 Å². The van der Waals surface area contributed by atoms with Crippen LogP contribution in [-0.2, 0) is 0 Å². The second-order valence-electron chi connectivity index (χ2n) is 7.22. The average molecular weight is 371 g/mol. The van der Waals surface area contributed by atoms with Crippen LogP contribution in [-0.4, -0.2) is 43.1 Å². The first-order valence-electron chi connectivity index (χ1n) is 9.62. The van der Waals surface area contributed by atoms with Crippen molar-refractivity contribution in [1.29, 1.82) is 0 Å². The van der Waals surface area contributed by atoms with Crippen LogP contribution in [0.4, 0.5) is 0 Å². The monoisotopic (exact) mass is 371 g/mol. The molecule has 5 rings (SSSR count). The number of aromatic nitrogens is 4. The van der Waals surface area contributed by atoms with Crippen LogP contribution in [0.3, 0.4) is 0 Å². The molecule has 6 heteroatoms. The van der Waals surface area contributed by atoms with Crippen molar-refractivity contribution in [3.8, 4) is 5.69 Å². The van der Waals surface area contributed by atoms with E-state index in [0.717, 1.165) is 42.1 Å². The van der Waals surface area contributed by atoms with Crippen LogP contribution in [0.1, 0.15) is 34.9 Å². The van der Waals surface area contributed by atoms with Crippen molar-refractivity contribution in [2.45, 2.75) is 18.8 Å². The van der Waals surface area contributed by atoms with Gasteiger partial charge in [-0.15, -0.1) is 10.2 Å². The smallest absolute Gasteiger partial charge is 0.253 e. The van der Waals surface area contributed by atoms with Crippen LogP contribution < -0.4 is 0 Å². The Morgan fingerprint density at radius 1 is 0.964 bits per heavy atom. The number of piperidine rings is 1. The zero-order chi connectivity index (χ0) is 18.9. The van der Waals surface area contributed by atoms with Crippen molar-refractivity contribution in [3.63, 3.8) is 0 Å². The maximum absolute atomic E-state index is 13.2. The lowest BCUT2D eigenvalue weighted by Gasteiger charge is -2.32. The van der Waals surface area contributed by atoms with E-state index >= 15 is 0 Å². The summed E-state index contributed by atoms with van der Waals surface area (Å²) in [7, 11) is 0. The zero-order valence-electron chi connectivity index (χ0n) is 15.5. The fraction of sp³-hybridized carbons (Fsp3) is 0.227. The maximum Gasteiger partial charge on any atom is 0.253 e. The first-order valence-corrected chi connectivity index (χ1v) is 9.62. The largest absolute Gasteiger partial charge is 0.338 e. The normalized spacial score (nSPS) is 17.1. The maximum atomic E-state index is 13.2.